The van der Waals surface area contributed by atoms with Crippen molar-refractivity contribution in [1.29, 1.82) is 0 Å². The quantitative estimate of drug-likeness (QED) is 0.847. The standard InChI is InChI=1S/C15H19N3O3/c1-10-11(2)15(20)18(17-14(10)19)7-8-21-13-6-4-3-5-12(13)9-16/h3-6H,7-9,16H2,1-2H3,(H,17,19). The molecule has 0 aliphatic heterocycles. The van der Waals surface area contributed by atoms with Gasteiger partial charge in [0.2, 0.25) is 0 Å². The summed E-state index contributed by atoms with van der Waals surface area (Å²) in [4.78, 5) is 23.7. The second-order valence-electron chi connectivity index (χ2n) is 4.81. The molecule has 2 aromatic rings. The van der Waals surface area contributed by atoms with Gasteiger partial charge < -0.3 is 10.5 Å². The number of aromatic amines is 1. The number of para-hydroxylation sites is 1. The summed E-state index contributed by atoms with van der Waals surface area (Å²) in [7, 11) is 0. The zero-order valence-corrected chi connectivity index (χ0v) is 12.2. The lowest BCUT2D eigenvalue weighted by atomic mass is 10.2. The highest BCUT2D eigenvalue weighted by Crippen LogP contribution is 2.16. The fourth-order valence-electron chi connectivity index (χ4n) is 2.01. The molecule has 6 heteroatoms. The Kier molecular flexibility index (Phi) is 4.59. The van der Waals surface area contributed by atoms with Crippen LogP contribution in [0.5, 0.6) is 5.75 Å². The first-order valence-corrected chi connectivity index (χ1v) is 6.75. The monoisotopic (exact) mass is 289 g/mol. The van der Waals surface area contributed by atoms with Crippen LogP contribution in [0.4, 0.5) is 0 Å². The van der Waals surface area contributed by atoms with Gasteiger partial charge in [-0.25, -0.2) is 4.68 Å². The third-order valence-corrected chi connectivity index (χ3v) is 3.47. The molecule has 0 saturated heterocycles. The van der Waals surface area contributed by atoms with Crippen LogP contribution < -0.4 is 21.6 Å². The molecule has 6 nitrogen and oxygen atoms in total. The van der Waals surface area contributed by atoms with Crippen LogP contribution in [0.3, 0.4) is 0 Å². The summed E-state index contributed by atoms with van der Waals surface area (Å²) in [6, 6.07) is 7.46. The smallest absolute Gasteiger partial charge is 0.268 e. The van der Waals surface area contributed by atoms with Crippen molar-refractivity contribution in [1.82, 2.24) is 9.78 Å². The van der Waals surface area contributed by atoms with Crippen LogP contribution in [0, 0.1) is 13.8 Å². The van der Waals surface area contributed by atoms with E-state index in [1.165, 1.54) is 4.68 Å². The minimum Gasteiger partial charge on any atom is -0.491 e. The van der Waals surface area contributed by atoms with Gasteiger partial charge in [-0.3, -0.25) is 14.7 Å². The highest BCUT2D eigenvalue weighted by atomic mass is 16.5. The van der Waals surface area contributed by atoms with E-state index in [-0.39, 0.29) is 24.3 Å². The van der Waals surface area contributed by atoms with Gasteiger partial charge in [-0.2, -0.15) is 0 Å². The Morgan fingerprint density at radius 1 is 1.19 bits per heavy atom. The molecule has 0 radical (unpaired) electrons. The largest absolute Gasteiger partial charge is 0.491 e. The van der Waals surface area contributed by atoms with Gasteiger partial charge in [-0.15, -0.1) is 0 Å². The van der Waals surface area contributed by atoms with Crippen LogP contribution in [0.2, 0.25) is 0 Å². The SMILES string of the molecule is Cc1c(C)c(=O)n(CCOc2ccccc2CN)[nH]c1=O. The van der Waals surface area contributed by atoms with Gasteiger partial charge in [0.1, 0.15) is 12.4 Å². The van der Waals surface area contributed by atoms with E-state index >= 15 is 0 Å². The number of nitrogens with zero attached hydrogens (tertiary/aromatic N) is 1. The van der Waals surface area contributed by atoms with Crippen molar-refractivity contribution < 1.29 is 4.74 Å². The predicted octanol–water partition coefficient (Wildman–Crippen LogP) is 0.691. The number of nitrogens with two attached hydrogens (primary N) is 1. The van der Waals surface area contributed by atoms with Crippen LogP contribution in [-0.4, -0.2) is 16.4 Å². The second kappa shape index (κ2) is 6.41. The highest BCUT2D eigenvalue weighted by molar-refractivity contribution is 5.32. The molecule has 0 spiro atoms. The van der Waals surface area contributed by atoms with Crippen molar-refractivity contribution in [2.75, 3.05) is 6.61 Å². The molecular weight excluding hydrogens is 270 g/mol. The van der Waals surface area contributed by atoms with E-state index in [0.29, 0.717) is 23.4 Å². The number of hydrogen-bond donors (Lipinski definition) is 2. The molecular formula is C15H19N3O3. The molecule has 2 rings (SSSR count). The Labute approximate surface area is 122 Å². The Bertz CT molecular complexity index is 747. The fraction of sp³-hybridized carbons (Fsp3) is 0.333. The topological polar surface area (TPSA) is 90.1 Å². The first-order valence-electron chi connectivity index (χ1n) is 6.75. The van der Waals surface area contributed by atoms with Crippen LogP contribution >= 0.6 is 0 Å². The molecule has 0 aliphatic carbocycles. The number of rotatable bonds is 5. The number of aromatic nitrogens is 2. The summed E-state index contributed by atoms with van der Waals surface area (Å²) in [5, 5.41) is 2.54. The first-order chi connectivity index (χ1) is 10.0. The van der Waals surface area contributed by atoms with Gasteiger partial charge in [0, 0.05) is 23.2 Å². The Morgan fingerprint density at radius 2 is 1.90 bits per heavy atom. The van der Waals surface area contributed by atoms with Crippen molar-refractivity contribution in [2.45, 2.75) is 26.9 Å². The van der Waals surface area contributed by atoms with Crippen LogP contribution in [0.15, 0.2) is 33.9 Å². The van der Waals surface area contributed by atoms with E-state index in [1.807, 2.05) is 24.3 Å². The molecule has 0 amide bonds. The average molecular weight is 289 g/mol. The van der Waals surface area contributed by atoms with E-state index in [2.05, 4.69) is 5.10 Å². The maximum absolute atomic E-state index is 12.0. The van der Waals surface area contributed by atoms with Crippen molar-refractivity contribution in [3.05, 3.63) is 61.7 Å². The summed E-state index contributed by atoms with van der Waals surface area (Å²) in [5.74, 6) is 0.694. The third kappa shape index (κ3) is 3.22. The normalized spacial score (nSPS) is 10.6. The number of nitrogens with one attached hydrogen (secondary N) is 1. The number of benzene rings is 1. The second-order valence-corrected chi connectivity index (χ2v) is 4.81. The first kappa shape index (κ1) is 15.1. The predicted molar refractivity (Wildman–Crippen MR) is 80.6 cm³/mol. The summed E-state index contributed by atoms with van der Waals surface area (Å²) >= 11 is 0. The Morgan fingerprint density at radius 3 is 2.62 bits per heavy atom. The van der Waals surface area contributed by atoms with Gasteiger partial charge in [-0.1, -0.05) is 18.2 Å². The van der Waals surface area contributed by atoms with Gasteiger partial charge >= 0.3 is 0 Å². The Hall–Kier alpha value is -2.34. The van der Waals surface area contributed by atoms with Gasteiger partial charge in [0.25, 0.3) is 11.1 Å². The van der Waals surface area contributed by atoms with E-state index in [4.69, 9.17) is 10.5 Å². The molecule has 0 fully saturated rings. The maximum atomic E-state index is 12.0. The molecule has 0 saturated carbocycles. The zero-order chi connectivity index (χ0) is 15.4. The lowest BCUT2D eigenvalue weighted by Crippen LogP contribution is -2.34. The Balaban J connectivity index is 2.11. The van der Waals surface area contributed by atoms with Gasteiger partial charge in [0.05, 0.1) is 6.54 Å². The lowest BCUT2D eigenvalue weighted by Gasteiger charge is -2.12. The van der Waals surface area contributed by atoms with Crippen molar-refractivity contribution in [3.63, 3.8) is 0 Å². The number of hydrogen-bond acceptors (Lipinski definition) is 4. The fourth-order valence-corrected chi connectivity index (χ4v) is 2.01. The van der Waals surface area contributed by atoms with Gasteiger partial charge in [0.15, 0.2) is 0 Å². The molecule has 1 aromatic carbocycles. The van der Waals surface area contributed by atoms with E-state index in [9.17, 15) is 9.59 Å². The molecule has 0 bridgehead atoms. The van der Waals surface area contributed by atoms with Crippen LogP contribution in [0.1, 0.15) is 16.7 Å². The molecule has 1 heterocycles. The summed E-state index contributed by atoms with van der Waals surface area (Å²) in [6.07, 6.45) is 0. The molecule has 1 aromatic heterocycles. The molecule has 112 valence electrons. The van der Waals surface area contributed by atoms with E-state index in [0.717, 1.165) is 5.56 Å². The van der Waals surface area contributed by atoms with Gasteiger partial charge in [-0.05, 0) is 19.9 Å². The third-order valence-electron chi connectivity index (χ3n) is 3.47. The van der Waals surface area contributed by atoms with Crippen molar-refractivity contribution in [2.24, 2.45) is 5.73 Å². The molecule has 21 heavy (non-hydrogen) atoms. The minimum atomic E-state index is -0.255. The summed E-state index contributed by atoms with van der Waals surface area (Å²) < 4.78 is 6.91. The van der Waals surface area contributed by atoms with E-state index < -0.39 is 0 Å². The maximum Gasteiger partial charge on any atom is 0.268 e. The molecule has 3 N–H and O–H groups in total. The summed E-state index contributed by atoms with van der Waals surface area (Å²) in [5.41, 5.74) is 6.98. The molecule has 0 aliphatic rings. The number of ether oxygens (including phenoxy) is 1. The van der Waals surface area contributed by atoms with Crippen molar-refractivity contribution >= 4 is 0 Å². The highest BCUT2D eigenvalue weighted by Gasteiger charge is 2.07. The van der Waals surface area contributed by atoms with Crippen LogP contribution in [0.25, 0.3) is 0 Å². The minimum absolute atomic E-state index is 0.206. The van der Waals surface area contributed by atoms with Crippen LogP contribution in [-0.2, 0) is 13.1 Å². The lowest BCUT2D eigenvalue weighted by molar-refractivity contribution is 0.284. The molecule has 0 atom stereocenters. The summed E-state index contributed by atoms with van der Waals surface area (Å²) in [6.45, 7) is 4.21. The van der Waals surface area contributed by atoms with E-state index in [1.54, 1.807) is 13.8 Å². The molecule has 0 unspecified atom stereocenters. The zero-order valence-electron chi connectivity index (χ0n) is 12.2. The number of H-pyrrole nitrogens is 1. The average Bonchev–Trinajstić information content (AvgIpc) is 2.50. The van der Waals surface area contributed by atoms with Crippen molar-refractivity contribution in [3.8, 4) is 5.75 Å².